The van der Waals surface area contributed by atoms with Crippen LogP contribution < -0.4 is 4.90 Å². The standard InChI is InChI=1S/C15H14N2O4/c18-9-8-17(14(19)12-2-1-7-16-10-12)13-5-3-11(4-6-13)15(20)21/h1-7,10,18H,8-9H2,(H,20,21). The van der Waals surface area contributed by atoms with Crippen molar-refractivity contribution in [2.24, 2.45) is 0 Å². The van der Waals surface area contributed by atoms with Crippen molar-refractivity contribution in [3.8, 4) is 0 Å². The Bertz CT molecular complexity index is 626. The summed E-state index contributed by atoms with van der Waals surface area (Å²) < 4.78 is 0. The number of nitrogens with zero attached hydrogens (tertiary/aromatic N) is 2. The molecule has 1 aromatic carbocycles. The number of benzene rings is 1. The maximum atomic E-state index is 12.4. The molecule has 0 spiro atoms. The van der Waals surface area contributed by atoms with E-state index in [9.17, 15) is 9.59 Å². The van der Waals surface area contributed by atoms with Crippen LogP contribution in [0.2, 0.25) is 0 Å². The normalized spacial score (nSPS) is 10.1. The summed E-state index contributed by atoms with van der Waals surface area (Å²) in [4.78, 5) is 28.5. The molecule has 1 amide bonds. The predicted octanol–water partition coefficient (Wildman–Crippen LogP) is 1.42. The van der Waals surface area contributed by atoms with E-state index in [1.165, 1.54) is 35.4 Å². The Hall–Kier alpha value is -2.73. The first-order valence-electron chi connectivity index (χ1n) is 6.29. The zero-order valence-corrected chi connectivity index (χ0v) is 11.1. The Balaban J connectivity index is 2.30. The zero-order chi connectivity index (χ0) is 15.2. The van der Waals surface area contributed by atoms with Crippen molar-refractivity contribution in [2.75, 3.05) is 18.1 Å². The van der Waals surface area contributed by atoms with Gasteiger partial charge in [-0.3, -0.25) is 9.78 Å². The first-order chi connectivity index (χ1) is 10.1. The molecule has 2 aromatic rings. The fraction of sp³-hybridized carbons (Fsp3) is 0.133. The summed E-state index contributed by atoms with van der Waals surface area (Å²) in [5, 5.41) is 18.0. The molecule has 108 valence electrons. The largest absolute Gasteiger partial charge is 0.478 e. The molecule has 6 nitrogen and oxygen atoms in total. The van der Waals surface area contributed by atoms with E-state index in [4.69, 9.17) is 10.2 Å². The third kappa shape index (κ3) is 3.43. The molecule has 0 aliphatic carbocycles. The minimum Gasteiger partial charge on any atom is -0.478 e. The van der Waals surface area contributed by atoms with E-state index >= 15 is 0 Å². The molecule has 0 radical (unpaired) electrons. The molecule has 2 N–H and O–H groups in total. The van der Waals surface area contributed by atoms with Crippen LogP contribution in [0.25, 0.3) is 0 Å². The van der Waals surface area contributed by atoms with Crippen molar-refractivity contribution in [1.29, 1.82) is 0 Å². The molecule has 1 aromatic heterocycles. The van der Waals surface area contributed by atoms with E-state index in [1.54, 1.807) is 18.3 Å². The lowest BCUT2D eigenvalue weighted by Gasteiger charge is -2.22. The number of aliphatic hydroxyl groups is 1. The first kappa shape index (κ1) is 14.7. The van der Waals surface area contributed by atoms with E-state index in [-0.39, 0.29) is 24.6 Å². The predicted molar refractivity (Wildman–Crippen MR) is 76.4 cm³/mol. The highest BCUT2D eigenvalue weighted by Gasteiger charge is 2.17. The van der Waals surface area contributed by atoms with Crippen LogP contribution in [0.15, 0.2) is 48.8 Å². The molecule has 1 heterocycles. The monoisotopic (exact) mass is 286 g/mol. The molecule has 21 heavy (non-hydrogen) atoms. The van der Waals surface area contributed by atoms with Gasteiger partial charge in [-0.1, -0.05) is 0 Å². The maximum Gasteiger partial charge on any atom is 0.335 e. The zero-order valence-electron chi connectivity index (χ0n) is 11.1. The van der Waals surface area contributed by atoms with Gasteiger partial charge in [0.15, 0.2) is 0 Å². The van der Waals surface area contributed by atoms with Gasteiger partial charge in [-0.15, -0.1) is 0 Å². The van der Waals surface area contributed by atoms with Gasteiger partial charge < -0.3 is 15.1 Å². The number of aliphatic hydroxyl groups excluding tert-OH is 1. The van der Waals surface area contributed by atoms with Gasteiger partial charge in [0.25, 0.3) is 5.91 Å². The number of carbonyl (C=O) groups is 2. The molecule has 0 aliphatic rings. The Morgan fingerprint density at radius 2 is 1.81 bits per heavy atom. The molecule has 0 fully saturated rings. The van der Waals surface area contributed by atoms with E-state index in [2.05, 4.69) is 4.98 Å². The highest BCUT2D eigenvalue weighted by Crippen LogP contribution is 2.18. The molecule has 0 atom stereocenters. The number of rotatable bonds is 5. The van der Waals surface area contributed by atoms with Crippen LogP contribution in [-0.4, -0.2) is 40.2 Å². The number of aromatic nitrogens is 1. The van der Waals surface area contributed by atoms with Crippen molar-refractivity contribution >= 4 is 17.6 Å². The highest BCUT2D eigenvalue weighted by molar-refractivity contribution is 6.06. The van der Waals surface area contributed by atoms with E-state index in [1.807, 2.05) is 0 Å². The van der Waals surface area contributed by atoms with E-state index in [0.717, 1.165) is 0 Å². The third-order valence-corrected chi connectivity index (χ3v) is 2.90. The topological polar surface area (TPSA) is 90.7 Å². The van der Waals surface area contributed by atoms with Gasteiger partial charge in [-0.2, -0.15) is 0 Å². The SMILES string of the molecule is O=C(O)c1ccc(N(CCO)C(=O)c2cccnc2)cc1. The number of carboxylic acid groups (broad SMARTS) is 1. The number of aromatic carboxylic acids is 1. The second kappa shape index (κ2) is 6.62. The van der Waals surface area contributed by atoms with Gasteiger partial charge in [0.1, 0.15) is 0 Å². The number of anilines is 1. The fourth-order valence-corrected chi connectivity index (χ4v) is 1.88. The summed E-state index contributed by atoms with van der Waals surface area (Å²) in [6, 6.07) is 9.18. The second-order valence-corrected chi connectivity index (χ2v) is 4.27. The maximum absolute atomic E-state index is 12.4. The molecule has 0 unspecified atom stereocenters. The molecule has 2 rings (SSSR count). The molecule has 0 aliphatic heterocycles. The number of pyridine rings is 1. The van der Waals surface area contributed by atoms with Crippen LogP contribution in [0, 0.1) is 0 Å². The Morgan fingerprint density at radius 3 is 2.33 bits per heavy atom. The molecule has 0 saturated carbocycles. The minimum absolute atomic E-state index is 0.111. The summed E-state index contributed by atoms with van der Waals surface area (Å²) in [7, 11) is 0. The van der Waals surface area contributed by atoms with Crippen LogP contribution in [0.4, 0.5) is 5.69 Å². The van der Waals surface area contributed by atoms with Crippen molar-refractivity contribution in [3.63, 3.8) is 0 Å². The smallest absolute Gasteiger partial charge is 0.335 e. The minimum atomic E-state index is -1.03. The lowest BCUT2D eigenvalue weighted by Crippen LogP contribution is -2.33. The highest BCUT2D eigenvalue weighted by atomic mass is 16.4. The average Bonchev–Trinajstić information content (AvgIpc) is 2.53. The summed E-state index contributed by atoms with van der Waals surface area (Å²) in [5.41, 5.74) is 1.05. The van der Waals surface area contributed by atoms with Crippen molar-refractivity contribution in [3.05, 3.63) is 59.9 Å². The van der Waals surface area contributed by atoms with Crippen LogP contribution in [0.3, 0.4) is 0 Å². The van der Waals surface area contributed by atoms with Crippen LogP contribution >= 0.6 is 0 Å². The van der Waals surface area contributed by atoms with Gasteiger partial charge in [0, 0.05) is 24.6 Å². The molecule has 0 saturated heterocycles. The van der Waals surface area contributed by atoms with E-state index in [0.29, 0.717) is 11.3 Å². The van der Waals surface area contributed by atoms with Gasteiger partial charge in [0.05, 0.1) is 17.7 Å². The molecule has 6 heteroatoms. The average molecular weight is 286 g/mol. The van der Waals surface area contributed by atoms with Gasteiger partial charge in [0.2, 0.25) is 0 Å². The van der Waals surface area contributed by atoms with Crippen LogP contribution in [0.5, 0.6) is 0 Å². The number of hydrogen-bond donors (Lipinski definition) is 2. The second-order valence-electron chi connectivity index (χ2n) is 4.27. The molecular formula is C15H14N2O4. The summed E-state index contributed by atoms with van der Waals surface area (Å²) in [6.45, 7) is -0.0904. The van der Waals surface area contributed by atoms with Gasteiger partial charge >= 0.3 is 5.97 Å². The molecular weight excluding hydrogens is 272 g/mol. The fourth-order valence-electron chi connectivity index (χ4n) is 1.88. The number of hydrogen-bond acceptors (Lipinski definition) is 4. The Labute approximate surface area is 121 Å². The van der Waals surface area contributed by atoms with Gasteiger partial charge in [-0.25, -0.2) is 4.79 Å². The lowest BCUT2D eigenvalue weighted by molar-refractivity contribution is 0.0696. The Morgan fingerprint density at radius 1 is 1.10 bits per heavy atom. The molecule has 0 bridgehead atoms. The third-order valence-electron chi connectivity index (χ3n) is 2.90. The van der Waals surface area contributed by atoms with Crippen LogP contribution in [0.1, 0.15) is 20.7 Å². The van der Waals surface area contributed by atoms with E-state index < -0.39 is 5.97 Å². The number of amides is 1. The number of carboxylic acids is 1. The summed E-state index contributed by atoms with van der Waals surface area (Å²) in [5.74, 6) is -1.34. The van der Waals surface area contributed by atoms with Crippen molar-refractivity contribution in [1.82, 2.24) is 4.98 Å². The van der Waals surface area contributed by atoms with Gasteiger partial charge in [-0.05, 0) is 36.4 Å². The summed E-state index contributed by atoms with van der Waals surface area (Å²) in [6.07, 6.45) is 3.01. The van der Waals surface area contributed by atoms with Crippen LogP contribution in [-0.2, 0) is 0 Å². The summed E-state index contributed by atoms with van der Waals surface area (Å²) >= 11 is 0. The Kier molecular flexibility index (Phi) is 4.63. The first-order valence-corrected chi connectivity index (χ1v) is 6.29. The lowest BCUT2D eigenvalue weighted by atomic mass is 10.1. The number of carbonyl (C=O) groups excluding carboxylic acids is 1. The van der Waals surface area contributed by atoms with Crippen molar-refractivity contribution in [2.45, 2.75) is 0 Å². The van der Waals surface area contributed by atoms with Crippen molar-refractivity contribution < 1.29 is 19.8 Å². The quantitative estimate of drug-likeness (QED) is 0.867.